The largest absolute Gasteiger partial charge is 0.439 e. The van der Waals surface area contributed by atoms with Crippen LogP contribution in [0.2, 0.25) is 0 Å². The molecule has 0 spiro atoms. The standard InChI is InChI=1S/C24H21N3O4/c1-2-31-24(18-11-5-3-6-12-18,19-13-7-4-8-14-19)23(29)30-17-27-22(28)20-15-9-10-16-21(20)25-26-27/h3-16H,2,17H2,1H3. The van der Waals surface area contributed by atoms with Gasteiger partial charge in [-0.05, 0) is 30.2 Å². The van der Waals surface area contributed by atoms with E-state index in [2.05, 4.69) is 10.3 Å². The minimum atomic E-state index is -1.48. The molecule has 4 aromatic rings. The van der Waals surface area contributed by atoms with Crippen molar-refractivity contribution in [3.05, 3.63) is 106 Å². The third-order valence-corrected chi connectivity index (χ3v) is 4.96. The lowest BCUT2D eigenvalue weighted by atomic mass is 9.86. The van der Waals surface area contributed by atoms with Crippen LogP contribution < -0.4 is 5.56 Å². The summed E-state index contributed by atoms with van der Waals surface area (Å²) in [5, 5.41) is 8.31. The predicted molar refractivity (Wildman–Crippen MR) is 115 cm³/mol. The van der Waals surface area contributed by atoms with Gasteiger partial charge in [0.1, 0.15) is 5.52 Å². The zero-order chi connectivity index (χ0) is 21.7. The minimum Gasteiger partial charge on any atom is -0.439 e. The number of esters is 1. The van der Waals surface area contributed by atoms with Gasteiger partial charge in [-0.25, -0.2) is 4.79 Å². The monoisotopic (exact) mass is 415 g/mol. The van der Waals surface area contributed by atoms with E-state index in [0.717, 1.165) is 4.68 Å². The van der Waals surface area contributed by atoms with Crippen molar-refractivity contribution < 1.29 is 14.3 Å². The number of rotatable bonds is 7. The average Bonchev–Trinajstić information content (AvgIpc) is 2.83. The number of ether oxygens (including phenoxy) is 2. The Morgan fingerprint density at radius 1 is 0.903 bits per heavy atom. The first-order valence-electron chi connectivity index (χ1n) is 9.91. The fraction of sp³-hybridized carbons (Fsp3) is 0.167. The Hall–Kier alpha value is -3.84. The van der Waals surface area contributed by atoms with Crippen LogP contribution in [0.4, 0.5) is 0 Å². The van der Waals surface area contributed by atoms with E-state index in [-0.39, 0.29) is 18.9 Å². The summed E-state index contributed by atoms with van der Waals surface area (Å²) in [6, 6.07) is 25.2. The molecular weight excluding hydrogens is 394 g/mol. The van der Waals surface area contributed by atoms with Crippen molar-refractivity contribution in [2.45, 2.75) is 19.3 Å². The van der Waals surface area contributed by atoms with Gasteiger partial charge in [0.05, 0.1) is 5.39 Å². The number of fused-ring (bicyclic) bond motifs is 1. The van der Waals surface area contributed by atoms with Gasteiger partial charge in [0.15, 0.2) is 6.73 Å². The Bertz CT molecular complexity index is 1200. The highest BCUT2D eigenvalue weighted by Gasteiger charge is 2.45. The molecule has 0 bridgehead atoms. The van der Waals surface area contributed by atoms with E-state index < -0.39 is 11.6 Å². The average molecular weight is 415 g/mol. The van der Waals surface area contributed by atoms with Gasteiger partial charge in [0.25, 0.3) is 5.56 Å². The molecule has 156 valence electrons. The first-order valence-corrected chi connectivity index (χ1v) is 9.91. The lowest BCUT2D eigenvalue weighted by Gasteiger charge is -2.32. The molecule has 1 heterocycles. The van der Waals surface area contributed by atoms with E-state index >= 15 is 0 Å². The van der Waals surface area contributed by atoms with Gasteiger partial charge < -0.3 is 9.47 Å². The number of hydrogen-bond acceptors (Lipinski definition) is 6. The van der Waals surface area contributed by atoms with Crippen LogP contribution in [-0.4, -0.2) is 27.6 Å². The molecule has 7 heteroatoms. The topological polar surface area (TPSA) is 83.3 Å². The third-order valence-electron chi connectivity index (χ3n) is 4.96. The summed E-state index contributed by atoms with van der Waals surface area (Å²) < 4.78 is 12.7. The summed E-state index contributed by atoms with van der Waals surface area (Å²) in [6.07, 6.45) is 0. The molecule has 0 aliphatic rings. The maximum atomic E-state index is 13.5. The Labute approximate surface area is 178 Å². The van der Waals surface area contributed by atoms with Crippen LogP contribution in [-0.2, 0) is 26.6 Å². The summed E-state index contributed by atoms with van der Waals surface area (Å²) in [7, 11) is 0. The fourth-order valence-electron chi connectivity index (χ4n) is 3.52. The summed E-state index contributed by atoms with van der Waals surface area (Å²) in [5.41, 5.74) is -0.132. The van der Waals surface area contributed by atoms with E-state index in [1.54, 1.807) is 24.3 Å². The van der Waals surface area contributed by atoms with Crippen molar-refractivity contribution in [1.29, 1.82) is 0 Å². The summed E-state index contributed by atoms with van der Waals surface area (Å²) in [6.45, 7) is 1.70. The molecule has 7 nitrogen and oxygen atoms in total. The highest BCUT2D eigenvalue weighted by Crippen LogP contribution is 2.35. The fourth-order valence-corrected chi connectivity index (χ4v) is 3.52. The van der Waals surface area contributed by atoms with Crippen LogP contribution in [0.15, 0.2) is 89.7 Å². The minimum absolute atomic E-state index is 0.272. The van der Waals surface area contributed by atoms with Gasteiger partial charge in [-0.15, -0.1) is 5.10 Å². The number of benzene rings is 3. The second-order valence-electron chi connectivity index (χ2n) is 6.82. The summed E-state index contributed by atoms with van der Waals surface area (Å²) >= 11 is 0. The molecule has 0 radical (unpaired) electrons. The lowest BCUT2D eigenvalue weighted by Crippen LogP contribution is -2.42. The Balaban J connectivity index is 1.72. The van der Waals surface area contributed by atoms with Crippen LogP contribution in [0.5, 0.6) is 0 Å². The third kappa shape index (κ3) is 3.83. The zero-order valence-corrected chi connectivity index (χ0v) is 17.0. The second-order valence-corrected chi connectivity index (χ2v) is 6.82. The van der Waals surface area contributed by atoms with E-state index in [1.807, 2.05) is 67.6 Å². The molecule has 1 aromatic heterocycles. The SMILES string of the molecule is CCOC(C(=O)OCn1nnc2ccccc2c1=O)(c1ccccc1)c1ccccc1. The van der Waals surface area contributed by atoms with Crippen molar-refractivity contribution >= 4 is 16.9 Å². The molecule has 0 aliphatic carbocycles. The Morgan fingerprint density at radius 3 is 2.10 bits per heavy atom. The molecule has 0 saturated heterocycles. The number of aromatic nitrogens is 3. The molecule has 31 heavy (non-hydrogen) atoms. The van der Waals surface area contributed by atoms with Crippen LogP contribution in [0.1, 0.15) is 18.1 Å². The second kappa shape index (κ2) is 8.89. The van der Waals surface area contributed by atoms with Crippen LogP contribution in [0.3, 0.4) is 0 Å². The molecule has 0 unspecified atom stereocenters. The molecule has 0 N–H and O–H groups in total. The molecule has 0 amide bonds. The van der Waals surface area contributed by atoms with E-state index in [1.165, 1.54) is 0 Å². The van der Waals surface area contributed by atoms with Crippen molar-refractivity contribution in [3.8, 4) is 0 Å². The molecule has 0 atom stereocenters. The van der Waals surface area contributed by atoms with Crippen LogP contribution >= 0.6 is 0 Å². The van der Waals surface area contributed by atoms with Crippen molar-refractivity contribution in [1.82, 2.24) is 15.0 Å². The molecule has 0 aliphatic heterocycles. The van der Waals surface area contributed by atoms with E-state index in [0.29, 0.717) is 22.0 Å². The van der Waals surface area contributed by atoms with Crippen LogP contribution in [0, 0.1) is 0 Å². The first kappa shape index (κ1) is 20.4. The van der Waals surface area contributed by atoms with Gasteiger partial charge in [0.2, 0.25) is 5.60 Å². The molecule has 4 rings (SSSR count). The highest BCUT2D eigenvalue weighted by molar-refractivity contribution is 5.85. The van der Waals surface area contributed by atoms with Crippen molar-refractivity contribution in [3.63, 3.8) is 0 Å². The predicted octanol–water partition coefficient (Wildman–Crippen LogP) is 3.27. The zero-order valence-electron chi connectivity index (χ0n) is 17.0. The van der Waals surface area contributed by atoms with Crippen LogP contribution in [0.25, 0.3) is 10.9 Å². The van der Waals surface area contributed by atoms with E-state index in [4.69, 9.17) is 9.47 Å². The van der Waals surface area contributed by atoms with E-state index in [9.17, 15) is 9.59 Å². The van der Waals surface area contributed by atoms with Crippen molar-refractivity contribution in [2.75, 3.05) is 6.61 Å². The number of nitrogens with zero attached hydrogens (tertiary/aromatic N) is 3. The molecule has 0 saturated carbocycles. The van der Waals surface area contributed by atoms with Gasteiger partial charge in [0, 0.05) is 6.61 Å². The molecular formula is C24H21N3O4. The molecule has 3 aromatic carbocycles. The van der Waals surface area contributed by atoms with Crippen molar-refractivity contribution in [2.24, 2.45) is 0 Å². The Morgan fingerprint density at radius 2 is 1.48 bits per heavy atom. The maximum absolute atomic E-state index is 13.5. The van der Waals surface area contributed by atoms with Gasteiger partial charge in [-0.3, -0.25) is 4.79 Å². The summed E-state index contributed by atoms with van der Waals surface area (Å²) in [4.78, 5) is 26.2. The lowest BCUT2D eigenvalue weighted by molar-refractivity contribution is -0.173. The number of hydrogen-bond donors (Lipinski definition) is 0. The normalized spacial score (nSPS) is 11.4. The quantitative estimate of drug-likeness (QED) is 0.431. The highest BCUT2D eigenvalue weighted by atomic mass is 16.6. The maximum Gasteiger partial charge on any atom is 0.349 e. The number of carbonyl (C=O) groups is 1. The van der Waals surface area contributed by atoms with Gasteiger partial charge in [-0.1, -0.05) is 78.0 Å². The first-order chi connectivity index (χ1) is 15.2. The summed E-state index contributed by atoms with van der Waals surface area (Å²) in [5.74, 6) is -0.645. The smallest absolute Gasteiger partial charge is 0.349 e. The Kier molecular flexibility index (Phi) is 5.86. The number of carbonyl (C=O) groups excluding carboxylic acids is 1. The molecule has 0 fully saturated rings. The van der Waals surface area contributed by atoms with Gasteiger partial charge in [-0.2, -0.15) is 4.68 Å². The van der Waals surface area contributed by atoms with Gasteiger partial charge >= 0.3 is 5.97 Å².